The first kappa shape index (κ1) is 14.6. The maximum Gasteiger partial charge on any atom is 0.120 e. The summed E-state index contributed by atoms with van der Waals surface area (Å²) in [6.45, 7) is 11.6. The molecule has 1 aliphatic rings. The van der Waals surface area contributed by atoms with E-state index < -0.39 is 0 Å². The van der Waals surface area contributed by atoms with Crippen molar-refractivity contribution in [3.8, 4) is 0 Å². The lowest BCUT2D eigenvalue weighted by Crippen LogP contribution is -2.62. The smallest absolute Gasteiger partial charge is 0.120 e. The molecule has 1 heterocycles. The lowest BCUT2D eigenvalue weighted by molar-refractivity contribution is -0.128. The van der Waals surface area contributed by atoms with E-state index in [4.69, 9.17) is 9.15 Å². The van der Waals surface area contributed by atoms with E-state index in [1.807, 2.05) is 13.0 Å². The second kappa shape index (κ2) is 5.68. The van der Waals surface area contributed by atoms with Crippen molar-refractivity contribution in [1.29, 1.82) is 0 Å². The van der Waals surface area contributed by atoms with E-state index in [2.05, 4.69) is 39.1 Å². The minimum atomic E-state index is 0.242. The van der Waals surface area contributed by atoms with Gasteiger partial charge in [-0.1, -0.05) is 13.8 Å². The number of hydrogen-bond acceptors (Lipinski definition) is 3. The fourth-order valence-corrected chi connectivity index (χ4v) is 3.08. The van der Waals surface area contributed by atoms with Crippen LogP contribution < -0.4 is 5.32 Å². The van der Waals surface area contributed by atoms with Crippen molar-refractivity contribution >= 4 is 0 Å². The van der Waals surface area contributed by atoms with E-state index in [0.29, 0.717) is 12.1 Å². The van der Waals surface area contributed by atoms with Crippen LogP contribution in [0, 0.1) is 12.3 Å². The van der Waals surface area contributed by atoms with Crippen LogP contribution in [0.25, 0.3) is 0 Å². The van der Waals surface area contributed by atoms with Crippen molar-refractivity contribution in [3.63, 3.8) is 0 Å². The molecule has 1 aromatic rings. The third kappa shape index (κ3) is 2.72. The van der Waals surface area contributed by atoms with Crippen LogP contribution in [0.5, 0.6) is 0 Å². The maximum atomic E-state index is 5.84. The van der Waals surface area contributed by atoms with Crippen LogP contribution in [0.1, 0.15) is 58.1 Å². The minimum Gasteiger partial charge on any atom is -0.465 e. The van der Waals surface area contributed by atoms with Crippen molar-refractivity contribution in [1.82, 2.24) is 5.32 Å². The highest BCUT2D eigenvalue weighted by molar-refractivity contribution is 5.12. The quantitative estimate of drug-likeness (QED) is 0.848. The summed E-state index contributed by atoms with van der Waals surface area (Å²) in [4.78, 5) is 0. The number of nitrogens with one attached hydrogen (secondary N) is 1. The number of ether oxygens (including phenoxy) is 1. The van der Waals surface area contributed by atoms with Crippen molar-refractivity contribution in [3.05, 3.63) is 23.7 Å². The van der Waals surface area contributed by atoms with E-state index in [1.165, 1.54) is 0 Å². The molecule has 0 spiro atoms. The highest BCUT2D eigenvalue weighted by atomic mass is 16.5. The second-order valence-electron chi connectivity index (χ2n) is 5.93. The zero-order valence-corrected chi connectivity index (χ0v) is 12.8. The van der Waals surface area contributed by atoms with Gasteiger partial charge >= 0.3 is 0 Å². The Bertz CT molecular complexity index is 415. The van der Waals surface area contributed by atoms with Crippen LogP contribution in [0.2, 0.25) is 0 Å². The summed E-state index contributed by atoms with van der Waals surface area (Å²) in [6, 6.07) is 4.85. The van der Waals surface area contributed by atoms with Gasteiger partial charge in [-0.2, -0.15) is 0 Å². The van der Waals surface area contributed by atoms with E-state index >= 15 is 0 Å². The highest BCUT2D eigenvalue weighted by Gasteiger charge is 2.51. The summed E-state index contributed by atoms with van der Waals surface area (Å²) < 4.78 is 11.5. The molecule has 1 aliphatic carbocycles. The van der Waals surface area contributed by atoms with Crippen LogP contribution in [-0.2, 0) is 4.74 Å². The van der Waals surface area contributed by atoms with Crippen LogP contribution in [-0.4, -0.2) is 18.8 Å². The van der Waals surface area contributed by atoms with Crippen molar-refractivity contribution in [2.75, 3.05) is 6.61 Å². The van der Waals surface area contributed by atoms with Gasteiger partial charge in [0.15, 0.2) is 0 Å². The number of rotatable bonds is 6. The summed E-state index contributed by atoms with van der Waals surface area (Å²) >= 11 is 0. The summed E-state index contributed by atoms with van der Waals surface area (Å²) in [6.07, 6.45) is 2.63. The van der Waals surface area contributed by atoms with Gasteiger partial charge in [-0.05, 0) is 45.7 Å². The Labute approximate surface area is 116 Å². The number of furan rings is 1. The predicted molar refractivity (Wildman–Crippen MR) is 77.2 cm³/mol. The fourth-order valence-electron chi connectivity index (χ4n) is 3.08. The first-order valence-corrected chi connectivity index (χ1v) is 7.45. The Morgan fingerprint density at radius 3 is 2.74 bits per heavy atom. The standard InChI is InChI=1S/C16H27NO2/c1-6-16(5)14(10-15(16)18-7-2)17-12(4)13-9-8-11(3)19-13/h8-9,12,14-15,17H,6-7,10H2,1-5H3. The largest absolute Gasteiger partial charge is 0.465 e. The topological polar surface area (TPSA) is 34.4 Å². The van der Waals surface area contributed by atoms with Crippen molar-refractivity contribution in [2.24, 2.45) is 5.41 Å². The van der Waals surface area contributed by atoms with Gasteiger partial charge in [0.05, 0.1) is 12.1 Å². The zero-order chi connectivity index (χ0) is 14.0. The molecule has 1 saturated carbocycles. The normalized spacial score (nSPS) is 32.1. The lowest BCUT2D eigenvalue weighted by atomic mass is 9.61. The first-order valence-electron chi connectivity index (χ1n) is 7.45. The predicted octanol–water partition coefficient (Wildman–Crippen LogP) is 3.83. The Balaban J connectivity index is 1.96. The zero-order valence-electron chi connectivity index (χ0n) is 12.8. The summed E-state index contributed by atoms with van der Waals surface area (Å²) in [5.74, 6) is 2.00. The van der Waals surface area contributed by atoms with E-state index in [0.717, 1.165) is 31.0 Å². The van der Waals surface area contributed by atoms with Crippen molar-refractivity contribution < 1.29 is 9.15 Å². The Hall–Kier alpha value is -0.800. The molecule has 0 amide bonds. The monoisotopic (exact) mass is 265 g/mol. The van der Waals surface area contributed by atoms with E-state index in [9.17, 15) is 0 Å². The van der Waals surface area contributed by atoms with Gasteiger partial charge in [-0.15, -0.1) is 0 Å². The molecule has 0 radical (unpaired) electrons. The third-order valence-corrected chi connectivity index (χ3v) is 4.75. The molecule has 3 heteroatoms. The minimum absolute atomic E-state index is 0.242. The van der Waals surface area contributed by atoms with Gasteiger partial charge in [-0.3, -0.25) is 0 Å². The molecule has 1 fully saturated rings. The van der Waals surface area contributed by atoms with Gasteiger partial charge in [0.1, 0.15) is 11.5 Å². The van der Waals surface area contributed by atoms with Crippen LogP contribution >= 0.6 is 0 Å². The fraction of sp³-hybridized carbons (Fsp3) is 0.750. The molecule has 0 aliphatic heterocycles. The number of hydrogen-bond donors (Lipinski definition) is 1. The molecular weight excluding hydrogens is 238 g/mol. The summed E-state index contributed by atoms with van der Waals surface area (Å²) in [7, 11) is 0. The summed E-state index contributed by atoms with van der Waals surface area (Å²) in [5, 5.41) is 3.70. The van der Waals surface area contributed by atoms with E-state index in [-0.39, 0.29) is 11.5 Å². The molecule has 1 aromatic heterocycles. The molecule has 19 heavy (non-hydrogen) atoms. The van der Waals surface area contributed by atoms with E-state index in [1.54, 1.807) is 0 Å². The molecule has 4 unspecified atom stereocenters. The molecule has 0 bridgehead atoms. The molecule has 0 saturated heterocycles. The maximum absolute atomic E-state index is 5.84. The second-order valence-corrected chi connectivity index (χ2v) is 5.93. The van der Waals surface area contributed by atoms with Gasteiger partial charge in [0.2, 0.25) is 0 Å². The Morgan fingerprint density at radius 2 is 2.21 bits per heavy atom. The first-order chi connectivity index (χ1) is 9.01. The highest BCUT2D eigenvalue weighted by Crippen LogP contribution is 2.46. The molecule has 0 aromatic carbocycles. The Morgan fingerprint density at radius 1 is 1.47 bits per heavy atom. The molecule has 1 N–H and O–H groups in total. The van der Waals surface area contributed by atoms with Crippen LogP contribution in [0.4, 0.5) is 0 Å². The molecular formula is C16H27NO2. The van der Waals surface area contributed by atoms with Gasteiger partial charge in [-0.25, -0.2) is 0 Å². The molecule has 4 atom stereocenters. The average molecular weight is 265 g/mol. The van der Waals surface area contributed by atoms with Crippen LogP contribution in [0.3, 0.4) is 0 Å². The van der Waals surface area contributed by atoms with Gasteiger partial charge in [0, 0.05) is 18.1 Å². The van der Waals surface area contributed by atoms with Crippen LogP contribution in [0.15, 0.2) is 16.5 Å². The summed E-state index contributed by atoms with van der Waals surface area (Å²) in [5.41, 5.74) is 0.242. The van der Waals surface area contributed by atoms with Crippen molar-refractivity contribution in [2.45, 2.75) is 65.6 Å². The number of aryl methyl sites for hydroxylation is 1. The van der Waals surface area contributed by atoms with Gasteiger partial charge < -0.3 is 14.5 Å². The SMILES string of the molecule is CCOC1CC(NC(C)c2ccc(C)o2)C1(C)CC. The van der Waals surface area contributed by atoms with Gasteiger partial charge in [0.25, 0.3) is 0 Å². The lowest BCUT2D eigenvalue weighted by Gasteiger charge is -2.54. The molecule has 108 valence electrons. The Kier molecular flexibility index (Phi) is 4.36. The molecule has 2 rings (SSSR count). The third-order valence-electron chi connectivity index (χ3n) is 4.75. The molecule has 3 nitrogen and oxygen atoms in total. The average Bonchev–Trinajstić information content (AvgIpc) is 2.83.